The summed E-state index contributed by atoms with van der Waals surface area (Å²) in [5, 5.41) is 6.83. The lowest BCUT2D eigenvalue weighted by Crippen LogP contribution is -2.19. The van der Waals surface area contributed by atoms with E-state index in [0.717, 1.165) is 6.42 Å². The Morgan fingerprint density at radius 3 is 2.93 bits per heavy atom. The van der Waals surface area contributed by atoms with Crippen LogP contribution in [0.4, 0.5) is 5.82 Å². The number of amides is 1. The van der Waals surface area contributed by atoms with Crippen LogP contribution in [0, 0.1) is 0 Å². The number of hydrogen-bond donors (Lipinski definition) is 1. The van der Waals surface area contributed by atoms with Crippen LogP contribution >= 0.6 is 11.6 Å². The first-order valence-corrected chi connectivity index (χ1v) is 8.77. The van der Waals surface area contributed by atoms with E-state index in [4.69, 9.17) is 25.8 Å². The first-order chi connectivity index (χ1) is 13.0. The summed E-state index contributed by atoms with van der Waals surface area (Å²) in [5.74, 6) is -0.594. The molecular weight excluding hydrogens is 376 g/mol. The summed E-state index contributed by atoms with van der Waals surface area (Å²) in [5.41, 5.74) is 0.374. The van der Waals surface area contributed by atoms with Crippen molar-refractivity contribution in [2.75, 3.05) is 25.1 Å². The monoisotopic (exact) mass is 394 g/mol. The Kier molecular flexibility index (Phi) is 5.92. The molecule has 0 saturated carbocycles. The standard InChI is InChI=1S/C17H19ClN4O5/c1-3-26-17(24)12-8-20-22(2)14(12)21-15(23)10-6-13(18)16(19-7-10)27-11-4-5-25-9-11/h6-8,11H,3-5,9H2,1-2H3,(H,21,23). The molecule has 0 aliphatic carbocycles. The Bertz CT molecular complexity index is 848. The van der Waals surface area contributed by atoms with Gasteiger partial charge in [-0.2, -0.15) is 5.10 Å². The zero-order valence-electron chi connectivity index (χ0n) is 14.9. The number of aryl methyl sites for hydroxylation is 1. The molecule has 10 heteroatoms. The normalized spacial score (nSPS) is 16.2. The molecule has 1 unspecified atom stereocenters. The van der Waals surface area contributed by atoms with Gasteiger partial charge in [0.15, 0.2) is 0 Å². The Hall–Kier alpha value is -2.65. The van der Waals surface area contributed by atoms with E-state index in [2.05, 4.69) is 15.4 Å². The molecule has 144 valence electrons. The average molecular weight is 395 g/mol. The molecule has 2 aromatic heterocycles. The highest BCUT2D eigenvalue weighted by Gasteiger charge is 2.22. The molecule has 1 aliphatic rings. The number of nitrogens with zero attached hydrogens (tertiary/aromatic N) is 3. The average Bonchev–Trinajstić information content (AvgIpc) is 3.27. The van der Waals surface area contributed by atoms with Crippen molar-refractivity contribution in [1.82, 2.24) is 14.8 Å². The van der Waals surface area contributed by atoms with Crippen LogP contribution in [0.3, 0.4) is 0 Å². The van der Waals surface area contributed by atoms with Gasteiger partial charge in [0.05, 0.1) is 31.6 Å². The molecule has 1 amide bonds. The van der Waals surface area contributed by atoms with E-state index in [1.807, 2.05) is 0 Å². The van der Waals surface area contributed by atoms with Gasteiger partial charge < -0.3 is 19.5 Å². The largest absolute Gasteiger partial charge is 0.471 e. The maximum absolute atomic E-state index is 12.5. The second kappa shape index (κ2) is 8.36. The molecule has 1 aliphatic heterocycles. The van der Waals surface area contributed by atoms with Crippen molar-refractivity contribution < 1.29 is 23.8 Å². The highest BCUT2D eigenvalue weighted by molar-refractivity contribution is 6.32. The fourth-order valence-electron chi connectivity index (χ4n) is 2.52. The first-order valence-electron chi connectivity index (χ1n) is 8.40. The van der Waals surface area contributed by atoms with Crippen LogP contribution in [-0.4, -0.2) is 52.6 Å². The van der Waals surface area contributed by atoms with Crippen LogP contribution in [0.2, 0.25) is 5.02 Å². The SMILES string of the molecule is CCOC(=O)c1cnn(C)c1NC(=O)c1cnc(OC2CCOC2)c(Cl)c1. The van der Waals surface area contributed by atoms with Gasteiger partial charge in [-0.1, -0.05) is 11.6 Å². The fourth-order valence-corrected chi connectivity index (χ4v) is 2.73. The Balaban J connectivity index is 1.74. The second-order valence-corrected chi connectivity index (χ2v) is 6.23. The van der Waals surface area contributed by atoms with Gasteiger partial charge in [0, 0.05) is 19.7 Å². The van der Waals surface area contributed by atoms with Crippen LogP contribution < -0.4 is 10.1 Å². The van der Waals surface area contributed by atoms with Crippen molar-refractivity contribution in [2.45, 2.75) is 19.4 Å². The molecule has 0 bridgehead atoms. The van der Waals surface area contributed by atoms with E-state index < -0.39 is 11.9 Å². The number of halogens is 1. The number of carbonyl (C=O) groups excluding carboxylic acids is 2. The molecule has 0 radical (unpaired) electrons. The van der Waals surface area contributed by atoms with Crippen molar-refractivity contribution in [3.63, 3.8) is 0 Å². The van der Waals surface area contributed by atoms with Crippen molar-refractivity contribution in [3.05, 3.63) is 34.6 Å². The summed E-state index contributed by atoms with van der Waals surface area (Å²) in [4.78, 5) is 28.6. The lowest BCUT2D eigenvalue weighted by Gasteiger charge is -2.13. The molecule has 9 nitrogen and oxygen atoms in total. The molecule has 3 heterocycles. The number of anilines is 1. The maximum atomic E-state index is 12.5. The number of esters is 1. The van der Waals surface area contributed by atoms with Crippen molar-refractivity contribution in [1.29, 1.82) is 0 Å². The van der Waals surface area contributed by atoms with E-state index in [-0.39, 0.29) is 40.6 Å². The number of aromatic nitrogens is 3. The maximum Gasteiger partial charge on any atom is 0.343 e. The van der Waals surface area contributed by atoms with Crippen LogP contribution in [0.1, 0.15) is 34.1 Å². The molecule has 27 heavy (non-hydrogen) atoms. The van der Waals surface area contributed by atoms with E-state index in [1.165, 1.54) is 23.1 Å². The number of nitrogens with one attached hydrogen (secondary N) is 1. The van der Waals surface area contributed by atoms with Crippen LogP contribution in [-0.2, 0) is 16.5 Å². The topological polar surface area (TPSA) is 105 Å². The highest BCUT2D eigenvalue weighted by Crippen LogP contribution is 2.26. The summed E-state index contributed by atoms with van der Waals surface area (Å²) in [7, 11) is 1.60. The molecule has 1 fully saturated rings. The predicted octanol–water partition coefficient (Wildman–Crippen LogP) is 2.07. The fraction of sp³-hybridized carbons (Fsp3) is 0.412. The number of pyridine rings is 1. The summed E-state index contributed by atoms with van der Waals surface area (Å²) in [6, 6.07) is 1.45. The van der Waals surface area contributed by atoms with Crippen molar-refractivity contribution >= 4 is 29.3 Å². The summed E-state index contributed by atoms with van der Waals surface area (Å²) in [6.07, 6.45) is 3.35. The molecule has 0 spiro atoms. The van der Waals surface area contributed by atoms with Crippen molar-refractivity contribution in [3.8, 4) is 5.88 Å². The quantitative estimate of drug-likeness (QED) is 0.747. The third kappa shape index (κ3) is 4.37. The minimum Gasteiger partial charge on any atom is -0.471 e. The summed E-state index contributed by atoms with van der Waals surface area (Å²) < 4.78 is 17.2. The third-order valence-corrected chi connectivity index (χ3v) is 4.17. The van der Waals surface area contributed by atoms with E-state index >= 15 is 0 Å². The highest BCUT2D eigenvalue weighted by atomic mass is 35.5. The number of hydrogen-bond acceptors (Lipinski definition) is 7. The Labute approximate surface area is 160 Å². The van der Waals surface area contributed by atoms with Gasteiger partial charge in [0.25, 0.3) is 5.91 Å². The summed E-state index contributed by atoms with van der Waals surface area (Å²) in [6.45, 7) is 3.03. The van der Waals surface area contributed by atoms with Crippen LogP contribution in [0.5, 0.6) is 5.88 Å². The lowest BCUT2D eigenvalue weighted by atomic mass is 10.2. The molecular formula is C17H19ClN4O5. The minimum absolute atomic E-state index is 0.101. The Morgan fingerprint density at radius 1 is 1.44 bits per heavy atom. The van der Waals surface area contributed by atoms with Gasteiger partial charge in [-0.25, -0.2) is 9.78 Å². The van der Waals surface area contributed by atoms with Gasteiger partial charge in [-0.05, 0) is 13.0 Å². The predicted molar refractivity (Wildman–Crippen MR) is 96.2 cm³/mol. The molecule has 3 rings (SSSR count). The van der Waals surface area contributed by atoms with Crippen LogP contribution in [0.15, 0.2) is 18.5 Å². The molecule has 1 N–H and O–H groups in total. The van der Waals surface area contributed by atoms with Gasteiger partial charge in [-0.15, -0.1) is 0 Å². The van der Waals surface area contributed by atoms with Gasteiger partial charge in [0.1, 0.15) is 22.5 Å². The molecule has 2 aromatic rings. The van der Waals surface area contributed by atoms with Crippen LogP contribution in [0.25, 0.3) is 0 Å². The van der Waals surface area contributed by atoms with Gasteiger partial charge >= 0.3 is 5.97 Å². The van der Waals surface area contributed by atoms with E-state index in [1.54, 1.807) is 14.0 Å². The number of carbonyl (C=O) groups is 2. The summed E-state index contributed by atoms with van der Waals surface area (Å²) >= 11 is 6.19. The Morgan fingerprint density at radius 2 is 2.26 bits per heavy atom. The lowest BCUT2D eigenvalue weighted by molar-refractivity contribution is 0.0527. The van der Waals surface area contributed by atoms with Gasteiger partial charge in [0.2, 0.25) is 5.88 Å². The zero-order chi connectivity index (χ0) is 19.4. The number of rotatable bonds is 6. The molecule has 0 aromatic carbocycles. The zero-order valence-corrected chi connectivity index (χ0v) is 15.7. The smallest absolute Gasteiger partial charge is 0.343 e. The minimum atomic E-state index is -0.570. The van der Waals surface area contributed by atoms with E-state index in [9.17, 15) is 9.59 Å². The number of ether oxygens (including phenoxy) is 3. The van der Waals surface area contributed by atoms with Gasteiger partial charge in [-0.3, -0.25) is 9.48 Å². The third-order valence-electron chi connectivity index (χ3n) is 3.90. The second-order valence-electron chi connectivity index (χ2n) is 5.82. The van der Waals surface area contributed by atoms with Crippen molar-refractivity contribution in [2.24, 2.45) is 7.05 Å². The van der Waals surface area contributed by atoms with E-state index in [0.29, 0.717) is 13.2 Å². The first kappa shape index (κ1) is 19.1. The molecule has 1 atom stereocenters. The molecule has 1 saturated heterocycles.